The predicted octanol–water partition coefficient (Wildman–Crippen LogP) is 3.91. The number of rotatable bonds is 3. The first-order valence-corrected chi connectivity index (χ1v) is 9.41. The van der Waals surface area contributed by atoms with Crippen molar-refractivity contribution in [3.63, 3.8) is 0 Å². The van der Waals surface area contributed by atoms with Crippen molar-refractivity contribution < 1.29 is 24.3 Å². The summed E-state index contributed by atoms with van der Waals surface area (Å²) in [5.74, 6) is 0.172. The number of benzene rings is 2. The van der Waals surface area contributed by atoms with Crippen molar-refractivity contribution in [3.05, 3.63) is 58.3 Å². The maximum atomic E-state index is 12.9. The van der Waals surface area contributed by atoms with Crippen LogP contribution in [0, 0.1) is 0 Å². The molecule has 0 radical (unpaired) electrons. The molecule has 0 unspecified atom stereocenters. The lowest BCUT2D eigenvalue weighted by atomic mass is 10.1. The first-order chi connectivity index (χ1) is 12.6. The number of hydrogen-bond donors (Lipinski definition) is 2. The van der Waals surface area contributed by atoms with E-state index in [1.54, 1.807) is 17.7 Å². The third kappa shape index (κ3) is 2.75. The zero-order valence-electron chi connectivity index (χ0n) is 13.7. The standard InChI is InChI=1S/C19H13NO4S2/c1-24-16-5-3-2-4-12(16)9-17-18(23)20-13(10-25-19(20)26-17)11-6-7-14(21)15(22)8-11/h2-10H,1H3,(H-,21,22)/p+1/b17-9-. The number of allylic oxidation sites excluding steroid dienone is 1. The summed E-state index contributed by atoms with van der Waals surface area (Å²) in [6.45, 7) is 0. The number of phenolic OH excluding ortho intramolecular Hbond substituents is 2. The molecule has 2 aromatic carbocycles. The Balaban J connectivity index is 1.74. The van der Waals surface area contributed by atoms with Gasteiger partial charge in [0.1, 0.15) is 10.7 Å². The molecule has 4 rings (SSSR count). The van der Waals surface area contributed by atoms with Gasteiger partial charge in [0, 0.05) is 17.3 Å². The first-order valence-electron chi connectivity index (χ1n) is 7.71. The Hall–Kier alpha value is -2.77. The van der Waals surface area contributed by atoms with Crippen LogP contribution in [0.2, 0.25) is 0 Å². The summed E-state index contributed by atoms with van der Waals surface area (Å²) in [5.41, 5.74) is 2.18. The highest BCUT2D eigenvalue weighted by atomic mass is 32.2. The molecule has 0 saturated carbocycles. The molecule has 2 N–H and O–H groups in total. The highest BCUT2D eigenvalue weighted by molar-refractivity contribution is 8.05. The molecule has 1 aliphatic heterocycles. The number of ether oxygens (including phenoxy) is 1. The summed E-state index contributed by atoms with van der Waals surface area (Å²) in [5, 5.41) is 21.1. The van der Waals surface area contributed by atoms with Crippen LogP contribution in [0.4, 0.5) is 0 Å². The maximum absolute atomic E-state index is 12.9. The molecule has 2 heterocycles. The second-order valence-electron chi connectivity index (χ2n) is 5.58. The third-order valence-corrected chi connectivity index (χ3v) is 6.14. The Labute approximate surface area is 157 Å². The molecule has 0 fully saturated rings. The molecule has 7 heteroatoms. The monoisotopic (exact) mass is 384 g/mol. The Morgan fingerprint density at radius 3 is 2.69 bits per heavy atom. The first kappa shape index (κ1) is 16.7. The van der Waals surface area contributed by atoms with Gasteiger partial charge in [0.2, 0.25) is 5.69 Å². The number of carbonyl (C=O) groups is 1. The summed E-state index contributed by atoms with van der Waals surface area (Å²) < 4.78 is 7.82. The molecule has 3 aromatic rings. The summed E-state index contributed by atoms with van der Waals surface area (Å²) in [7, 11) is 1.60. The van der Waals surface area contributed by atoms with Crippen LogP contribution < -0.4 is 9.30 Å². The van der Waals surface area contributed by atoms with E-state index in [0.29, 0.717) is 21.9 Å². The minimum atomic E-state index is -0.217. The van der Waals surface area contributed by atoms with Gasteiger partial charge in [-0.15, -0.1) is 4.57 Å². The van der Waals surface area contributed by atoms with E-state index in [4.69, 9.17) is 4.74 Å². The van der Waals surface area contributed by atoms with Crippen LogP contribution in [-0.2, 0) is 0 Å². The molecular weight excluding hydrogens is 370 g/mol. The van der Waals surface area contributed by atoms with E-state index in [9.17, 15) is 15.0 Å². The molecule has 0 bridgehead atoms. The summed E-state index contributed by atoms with van der Waals surface area (Å²) in [6, 6.07) is 12.1. The lowest BCUT2D eigenvalue weighted by molar-refractivity contribution is -0.588. The molecule has 130 valence electrons. The number of fused-ring (bicyclic) bond motifs is 1. The number of thiazole rings is 1. The van der Waals surface area contributed by atoms with Gasteiger partial charge in [0.05, 0.1) is 18.1 Å². The Kier molecular flexibility index (Phi) is 4.18. The van der Waals surface area contributed by atoms with E-state index in [2.05, 4.69) is 0 Å². The topological polar surface area (TPSA) is 70.6 Å². The fourth-order valence-electron chi connectivity index (χ4n) is 2.72. The highest BCUT2D eigenvalue weighted by Crippen LogP contribution is 2.39. The van der Waals surface area contributed by atoms with Gasteiger partial charge in [-0.05, 0) is 30.3 Å². The SMILES string of the molecule is COc1ccccc1/C=C1\Sc2scc(-c3ccc(O)c(O)c3)[n+]2C1=O. The van der Waals surface area contributed by atoms with Gasteiger partial charge in [-0.2, -0.15) is 0 Å². The smallest absolute Gasteiger partial charge is 0.433 e. The molecule has 0 atom stereocenters. The molecule has 0 spiro atoms. The second-order valence-corrected chi connectivity index (χ2v) is 7.73. The Morgan fingerprint density at radius 2 is 1.92 bits per heavy atom. The van der Waals surface area contributed by atoms with Gasteiger partial charge in [-0.1, -0.05) is 29.5 Å². The number of aromatic nitrogens is 1. The van der Waals surface area contributed by atoms with E-state index in [0.717, 1.165) is 9.90 Å². The Morgan fingerprint density at radius 1 is 1.12 bits per heavy atom. The second kappa shape index (κ2) is 6.51. The number of phenols is 2. The van der Waals surface area contributed by atoms with E-state index >= 15 is 0 Å². The molecule has 0 aliphatic carbocycles. The number of carbonyl (C=O) groups excluding carboxylic acids is 1. The van der Waals surface area contributed by atoms with Crippen LogP contribution in [0.25, 0.3) is 17.3 Å². The van der Waals surface area contributed by atoms with Crippen molar-refractivity contribution in [2.45, 2.75) is 4.34 Å². The molecule has 0 saturated heterocycles. The van der Waals surface area contributed by atoms with Crippen LogP contribution in [0.15, 0.2) is 57.1 Å². The molecule has 26 heavy (non-hydrogen) atoms. The van der Waals surface area contributed by atoms with Crippen LogP contribution in [-0.4, -0.2) is 23.2 Å². The zero-order chi connectivity index (χ0) is 18.3. The fourth-order valence-corrected chi connectivity index (χ4v) is 4.89. The maximum Gasteiger partial charge on any atom is 0.433 e. The van der Waals surface area contributed by atoms with E-state index < -0.39 is 0 Å². The molecule has 1 aromatic heterocycles. The zero-order valence-corrected chi connectivity index (χ0v) is 15.3. The predicted molar refractivity (Wildman–Crippen MR) is 101 cm³/mol. The average molecular weight is 384 g/mol. The fraction of sp³-hybridized carbons (Fsp3) is 0.0526. The number of aromatic hydroxyl groups is 2. The third-order valence-electron chi connectivity index (χ3n) is 4.00. The van der Waals surface area contributed by atoms with Gasteiger partial charge < -0.3 is 14.9 Å². The van der Waals surface area contributed by atoms with Gasteiger partial charge in [-0.25, -0.2) is 4.79 Å². The Bertz CT molecular complexity index is 1060. The van der Waals surface area contributed by atoms with Crippen molar-refractivity contribution >= 4 is 35.1 Å². The van der Waals surface area contributed by atoms with Gasteiger partial charge in [0.25, 0.3) is 0 Å². The average Bonchev–Trinajstić information content (AvgIpc) is 3.19. The summed E-state index contributed by atoms with van der Waals surface area (Å²) in [4.78, 5) is 13.5. The van der Waals surface area contributed by atoms with E-state index in [1.807, 2.05) is 35.7 Å². The quantitative estimate of drug-likeness (QED) is 0.407. The van der Waals surface area contributed by atoms with Crippen LogP contribution in [0.5, 0.6) is 17.2 Å². The number of nitrogens with zero attached hydrogens (tertiary/aromatic N) is 1. The highest BCUT2D eigenvalue weighted by Gasteiger charge is 2.41. The van der Waals surface area contributed by atoms with Gasteiger partial charge in [0.15, 0.2) is 11.5 Å². The molecule has 5 nitrogen and oxygen atoms in total. The van der Waals surface area contributed by atoms with E-state index in [-0.39, 0.29) is 17.4 Å². The van der Waals surface area contributed by atoms with Crippen molar-refractivity contribution in [1.29, 1.82) is 0 Å². The number of methoxy groups -OCH3 is 1. The number of para-hydroxylation sites is 1. The summed E-state index contributed by atoms with van der Waals surface area (Å²) in [6.07, 6.45) is 1.82. The van der Waals surface area contributed by atoms with Crippen molar-refractivity contribution in [1.82, 2.24) is 0 Å². The van der Waals surface area contributed by atoms with Crippen LogP contribution in [0.1, 0.15) is 10.4 Å². The lowest BCUT2D eigenvalue weighted by Crippen LogP contribution is -2.40. The van der Waals surface area contributed by atoms with Crippen molar-refractivity contribution in [2.75, 3.05) is 7.11 Å². The van der Waals surface area contributed by atoms with Crippen molar-refractivity contribution in [3.8, 4) is 28.5 Å². The molecule has 0 amide bonds. The van der Waals surface area contributed by atoms with Crippen molar-refractivity contribution in [2.24, 2.45) is 0 Å². The van der Waals surface area contributed by atoms with Gasteiger partial charge in [-0.3, -0.25) is 0 Å². The van der Waals surface area contributed by atoms with E-state index in [1.165, 1.54) is 35.2 Å². The molecule has 1 aliphatic rings. The number of hydrogen-bond acceptors (Lipinski definition) is 6. The molecular formula is C19H14NO4S2+. The minimum Gasteiger partial charge on any atom is -0.504 e. The largest absolute Gasteiger partial charge is 0.504 e. The van der Waals surface area contributed by atoms with Gasteiger partial charge >= 0.3 is 10.2 Å². The van der Waals surface area contributed by atoms with Crippen LogP contribution in [0.3, 0.4) is 0 Å². The summed E-state index contributed by atoms with van der Waals surface area (Å²) >= 11 is 2.87. The normalized spacial score (nSPS) is 14.7. The van der Waals surface area contributed by atoms with Crippen LogP contribution >= 0.6 is 23.1 Å². The number of thioether (sulfide) groups is 1. The minimum absolute atomic E-state index is 0.125. The lowest BCUT2D eigenvalue weighted by Gasteiger charge is -2.03.